The van der Waals surface area contributed by atoms with Gasteiger partial charge in [0.05, 0.1) is 0 Å². The number of hydrogen-bond acceptors (Lipinski definition) is 2. The molecule has 0 radical (unpaired) electrons. The molecule has 0 aromatic carbocycles. The van der Waals surface area contributed by atoms with Crippen molar-refractivity contribution in [1.29, 1.82) is 0 Å². The van der Waals surface area contributed by atoms with E-state index in [4.69, 9.17) is 5.73 Å². The summed E-state index contributed by atoms with van der Waals surface area (Å²) in [5, 5.41) is 0. The molecule has 2 amide bonds. The molecule has 2 N–H and O–H groups in total. The minimum Gasteiger partial charge on any atom is -0.368 e. The molecule has 0 spiro atoms. The number of nitrogens with zero attached hydrogens (tertiary/aromatic N) is 1. The van der Waals surface area contributed by atoms with Gasteiger partial charge in [-0.15, -0.1) is 0 Å². The number of rotatable bonds is 4. The van der Waals surface area contributed by atoms with Crippen molar-refractivity contribution in [3.8, 4) is 0 Å². The van der Waals surface area contributed by atoms with Crippen molar-refractivity contribution in [2.45, 2.75) is 65.3 Å². The van der Waals surface area contributed by atoms with Crippen molar-refractivity contribution in [1.82, 2.24) is 4.90 Å². The van der Waals surface area contributed by atoms with Gasteiger partial charge in [-0.05, 0) is 12.8 Å². The highest BCUT2D eigenvalue weighted by Gasteiger charge is 2.30. The Hall–Kier alpha value is -1.06. The monoisotopic (exact) mass is 242 g/mol. The van der Waals surface area contributed by atoms with Crippen LogP contribution in [-0.4, -0.2) is 29.3 Å². The lowest BCUT2D eigenvalue weighted by Gasteiger charge is -2.19. The van der Waals surface area contributed by atoms with E-state index >= 15 is 0 Å². The zero-order chi connectivity index (χ0) is 13.3. The lowest BCUT2D eigenvalue weighted by molar-refractivity contribution is -0.135. The highest BCUT2D eigenvalue weighted by molar-refractivity contribution is 5.86. The van der Waals surface area contributed by atoms with E-state index in [0.29, 0.717) is 6.54 Å². The number of primary amides is 1. The Morgan fingerprint density at radius 2 is 1.76 bits per heavy atom. The van der Waals surface area contributed by atoms with E-state index < -0.39 is 5.91 Å². The molecule has 1 unspecified atom stereocenters. The van der Waals surface area contributed by atoms with Crippen molar-refractivity contribution in [3.05, 3.63) is 0 Å². The molecule has 0 saturated carbocycles. The maximum absolute atomic E-state index is 10.9. The Balaban J connectivity index is 0.000000366. The number of carbonyl (C=O) groups excluding carboxylic acids is 2. The zero-order valence-electron chi connectivity index (χ0n) is 11.4. The van der Waals surface area contributed by atoms with Gasteiger partial charge in [0.1, 0.15) is 6.04 Å². The molecular weight excluding hydrogens is 216 g/mol. The molecule has 0 bridgehead atoms. The molecule has 1 heterocycles. The Morgan fingerprint density at radius 1 is 1.24 bits per heavy atom. The standard InChI is InChI=1S/C7H12N2O2.C6H14/c1-5(10)9-4-2-3-6(9)7(8)11;1-3-5-6-4-2/h6H,2-4H2,1H3,(H2,8,11);3-6H2,1-2H3. The third-order valence-corrected chi connectivity index (χ3v) is 2.94. The summed E-state index contributed by atoms with van der Waals surface area (Å²) in [6, 6.07) is -0.354. The van der Waals surface area contributed by atoms with Crippen molar-refractivity contribution in [3.63, 3.8) is 0 Å². The first-order valence-electron chi connectivity index (χ1n) is 6.61. The van der Waals surface area contributed by atoms with Crippen LogP contribution in [0, 0.1) is 0 Å². The van der Waals surface area contributed by atoms with Crippen molar-refractivity contribution in [2.24, 2.45) is 5.73 Å². The molecule has 4 nitrogen and oxygen atoms in total. The Labute approximate surface area is 105 Å². The van der Waals surface area contributed by atoms with E-state index in [1.54, 1.807) is 0 Å². The minimum atomic E-state index is -0.391. The average Bonchev–Trinajstić information content (AvgIpc) is 2.76. The van der Waals surface area contributed by atoms with Crippen LogP contribution in [0.15, 0.2) is 0 Å². The van der Waals surface area contributed by atoms with Crippen LogP contribution in [0.3, 0.4) is 0 Å². The molecule has 1 aliphatic heterocycles. The van der Waals surface area contributed by atoms with Gasteiger partial charge in [-0.25, -0.2) is 0 Å². The van der Waals surface area contributed by atoms with Gasteiger partial charge in [0.15, 0.2) is 0 Å². The topological polar surface area (TPSA) is 63.4 Å². The van der Waals surface area contributed by atoms with E-state index in [2.05, 4.69) is 13.8 Å². The van der Waals surface area contributed by atoms with Crippen molar-refractivity contribution < 1.29 is 9.59 Å². The van der Waals surface area contributed by atoms with Crippen molar-refractivity contribution in [2.75, 3.05) is 6.54 Å². The quantitative estimate of drug-likeness (QED) is 0.767. The van der Waals surface area contributed by atoms with Crippen LogP contribution in [0.25, 0.3) is 0 Å². The molecule has 4 heteroatoms. The molecule has 1 aliphatic rings. The largest absolute Gasteiger partial charge is 0.368 e. The lowest BCUT2D eigenvalue weighted by atomic mass is 10.2. The van der Waals surface area contributed by atoms with E-state index in [0.717, 1.165) is 12.8 Å². The van der Waals surface area contributed by atoms with Crippen LogP contribution >= 0.6 is 0 Å². The van der Waals surface area contributed by atoms with Crippen LogP contribution in [0.4, 0.5) is 0 Å². The molecule has 1 fully saturated rings. The summed E-state index contributed by atoms with van der Waals surface area (Å²) in [6.45, 7) is 6.59. The smallest absolute Gasteiger partial charge is 0.240 e. The maximum atomic E-state index is 10.9. The van der Waals surface area contributed by atoms with Crippen LogP contribution in [0.2, 0.25) is 0 Å². The summed E-state index contributed by atoms with van der Waals surface area (Å²) >= 11 is 0. The van der Waals surface area contributed by atoms with Gasteiger partial charge in [0.25, 0.3) is 0 Å². The molecule has 0 aromatic heterocycles. The molecular formula is C13H26N2O2. The van der Waals surface area contributed by atoms with E-state index in [9.17, 15) is 9.59 Å². The first-order valence-corrected chi connectivity index (χ1v) is 6.61. The minimum absolute atomic E-state index is 0.0636. The van der Waals surface area contributed by atoms with Crippen LogP contribution in [0.5, 0.6) is 0 Å². The average molecular weight is 242 g/mol. The van der Waals surface area contributed by atoms with E-state index in [-0.39, 0.29) is 11.9 Å². The second kappa shape index (κ2) is 9.02. The first kappa shape index (κ1) is 15.9. The Bertz CT molecular complexity index is 218. The normalized spacial score (nSPS) is 18.5. The summed E-state index contributed by atoms with van der Waals surface area (Å²) in [5.41, 5.74) is 5.09. The fourth-order valence-corrected chi connectivity index (χ4v) is 1.94. The molecule has 17 heavy (non-hydrogen) atoms. The molecule has 0 aliphatic carbocycles. The highest BCUT2D eigenvalue weighted by Crippen LogP contribution is 2.16. The first-order chi connectivity index (χ1) is 8.04. The third kappa shape index (κ3) is 6.29. The van der Waals surface area contributed by atoms with E-state index in [1.807, 2.05) is 0 Å². The summed E-state index contributed by atoms with van der Waals surface area (Å²) in [5.74, 6) is -0.455. The van der Waals surface area contributed by atoms with Crippen LogP contribution in [0.1, 0.15) is 59.3 Å². The summed E-state index contributed by atoms with van der Waals surface area (Å²) < 4.78 is 0. The molecule has 0 aromatic rings. The number of carbonyl (C=O) groups is 2. The molecule has 1 rings (SSSR count). The highest BCUT2D eigenvalue weighted by atomic mass is 16.2. The van der Waals surface area contributed by atoms with E-state index in [1.165, 1.54) is 37.5 Å². The second-order valence-corrected chi connectivity index (χ2v) is 4.48. The number of likely N-dealkylation sites (tertiary alicyclic amines) is 1. The van der Waals surface area contributed by atoms with Gasteiger partial charge in [0.2, 0.25) is 11.8 Å². The SMILES string of the molecule is CC(=O)N1CCCC1C(N)=O.CCCCCC. The van der Waals surface area contributed by atoms with Crippen LogP contribution < -0.4 is 5.73 Å². The van der Waals surface area contributed by atoms with Gasteiger partial charge < -0.3 is 10.6 Å². The summed E-state index contributed by atoms with van der Waals surface area (Å²) in [6.07, 6.45) is 7.14. The molecule has 1 saturated heterocycles. The summed E-state index contributed by atoms with van der Waals surface area (Å²) in [7, 11) is 0. The molecule has 100 valence electrons. The third-order valence-electron chi connectivity index (χ3n) is 2.94. The predicted molar refractivity (Wildman–Crippen MR) is 69.4 cm³/mol. The predicted octanol–water partition coefficient (Wildman–Crippen LogP) is 2.07. The van der Waals surface area contributed by atoms with Gasteiger partial charge >= 0.3 is 0 Å². The second-order valence-electron chi connectivity index (χ2n) is 4.48. The van der Waals surface area contributed by atoms with Gasteiger partial charge in [0, 0.05) is 13.5 Å². The van der Waals surface area contributed by atoms with Gasteiger partial charge in [-0.1, -0.05) is 39.5 Å². The maximum Gasteiger partial charge on any atom is 0.240 e. The number of unbranched alkanes of at least 4 members (excludes halogenated alkanes) is 3. The van der Waals surface area contributed by atoms with Crippen LogP contribution in [-0.2, 0) is 9.59 Å². The zero-order valence-corrected chi connectivity index (χ0v) is 11.4. The van der Waals surface area contributed by atoms with Gasteiger partial charge in [-0.3, -0.25) is 9.59 Å². The fraction of sp³-hybridized carbons (Fsp3) is 0.846. The summed E-state index contributed by atoms with van der Waals surface area (Å²) in [4.78, 5) is 23.2. The fourth-order valence-electron chi connectivity index (χ4n) is 1.94. The van der Waals surface area contributed by atoms with Gasteiger partial charge in [-0.2, -0.15) is 0 Å². The molecule has 1 atom stereocenters. The number of amides is 2. The Kier molecular flexibility index (Phi) is 8.46. The lowest BCUT2D eigenvalue weighted by Crippen LogP contribution is -2.42. The number of hydrogen-bond donors (Lipinski definition) is 1. The van der Waals surface area contributed by atoms with Crippen molar-refractivity contribution >= 4 is 11.8 Å². The number of nitrogens with two attached hydrogens (primary N) is 1. The Morgan fingerprint density at radius 3 is 2.06 bits per heavy atom.